The molecule has 1 aromatic heterocycles. The zero-order valence-electron chi connectivity index (χ0n) is 15.7. The van der Waals surface area contributed by atoms with Crippen LogP contribution in [0.5, 0.6) is 11.5 Å². The Morgan fingerprint density at radius 1 is 1.27 bits per heavy atom. The van der Waals surface area contributed by atoms with Crippen molar-refractivity contribution in [3.8, 4) is 11.5 Å². The molecule has 0 saturated heterocycles. The number of anilines is 1. The Kier molecular flexibility index (Phi) is 7.57. The van der Waals surface area contributed by atoms with Crippen molar-refractivity contribution in [1.82, 2.24) is 4.98 Å². The predicted octanol–water partition coefficient (Wildman–Crippen LogP) is 5.39. The van der Waals surface area contributed by atoms with Crippen LogP contribution in [0.25, 0.3) is 0 Å². The van der Waals surface area contributed by atoms with E-state index >= 15 is 0 Å². The maximum absolute atomic E-state index is 10.7. The number of methoxy groups -OCH3 is 1. The second-order valence-electron chi connectivity index (χ2n) is 5.98. The largest absolute Gasteiger partial charge is 0.493 e. The van der Waals surface area contributed by atoms with Gasteiger partial charge in [0, 0.05) is 9.64 Å². The van der Waals surface area contributed by atoms with E-state index in [4.69, 9.17) is 9.47 Å². The van der Waals surface area contributed by atoms with Crippen molar-refractivity contribution in [2.75, 3.05) is 12.5 Å². The number of pyridine rings is 1. The van der Waals surface area contributed by atoms with Crippen LogP contribution in [0.1, 0.15) is 11.1 Å². The molecule has 30 heavy (non-hydrogen) atoms. The number of nitro groups is 1. The minimum atomic E-state index is -0.508. The fourth-order valence-electron chi connectivity index (χ4n) is 2.42. The lowest BCUT2D eigenvalue weighted by Crippen LogP contribution is -2.00. The maximum Gasteiger partial charge on any atom is 0.287 e. The summed E-state index contributed by atoms with van der Waals surface area (Å²) in [4.78, 5) is 14.1. The Hall–Kier alpha value is -2.73. The fraction of sp³-hybridized carbons (Fsp3) is 0.100. The van der Waals surface area contributed by atoms with Gasteiger partial charge in [0.25, 0.3) is 5.69 Å². The number of nitrogens with zero attached hydrogens (tertiary/aromatic N) is 3. The molecule has 0 aliphatic heterocycles. The van der Waals surface area contributed by atoms with Crippen LogP contribution in [0, 0.1) is 13.7 Å². The van der Waals surface area contributed by atoms with E-state index in [-0.39, 0.29) is 5.69 Å². The third-order valence-electron chi connectivity index (χ3n) is 3.90. The Labute approximate surface area is 194 Å². The highest BCUT2D eigenvalue weighted by Gasteiger charge is 2.12. The highest BCUT2D eigenvalue weighted by molar-refractivity contribution is 14.1. The highest BCUT2D eigenvalue weighted by atomic mass is 127. The van der Waals surface area contributed by atoms with Crippen molar-refractivity contribution in [1.29, 1.82) is 0 Å². The van der Waals surface area contributed by atoms with Crippen LogP contribution in [-0.4, -0.2) is 23.2 Å². The maximum atomic E-state index is 10.7. The molecule has 0 aliphatic carbocycles. The molecule has 1 N–H and O–H groups in total. The molecule has 154 valence electrons. The van der Waals surface area contributed by atoms with Crippen LogP contribution in [0.2, 0.25) is 0 Å². The second kappa shape index (κ2) is 10.3. The van der Waals surface area contributed by atoms with E-state index in [1.807, 2.05) is 30.3 Å². The predicted molar refractivity (Wildman–Crippen MR) is 126 cm³/mol. The van der Waals surface area contributed by atoms with Crippen molar-refractivity contribution in [3.05, 3.63) is 84.0 Å². The van der Waals surface area contributed by atoms with E-state index in [1.165, 1.54) is 12.1 Å². The molecule has 8 nitrogen and oxygen atoms in total. The van der Waals surface area contributed by atoms with E-state index in [9.17, 15) is 10.1 Å². The summed E-state index contributed by atoms with van der Waals surface area (Å²) < 4.78 is 13.3. The average molecular weight is 583 g/mol. The molecular weight excluding hydrogens is 567 g/mol. The van der Waals surface area contributed by atoms with Crippen molar-refractivity contribution < 1.29 is 14.4 Å². The third-order valence-corrected chi connectivity index (χ3v) is 5.21. The summed E-state index contributed by atoms with van der Waals surface area (Å²) in [6.07, 6.45) is 2.75. The van der Waals surface area contributed by atoms with Crippen LogP contribution in [-0.2, 0) is 6.61 Å². The lowest BCUT2D eigenvalue weighted by molar-refractivity contribution is -0.385. The first kappa shape index (κ1) is 22.0. The first-order chi connectivity index (χ1) is 14.5. The molecule has 1 heterocycles. The first-order valence-corrected chi connectivity index (χ1v) is 10.5. The Morgan fingerprint density at radius 2 is 2.03 bits per heavy atom. The number of hydrazone groups is 1. The molecule has 0 spiro atoms. The van der Waals surface area contributed by atoms with Crippen LogP contribution in [0.3, 0.4) is 0 Å². The number of rotatable bonds is 8. The van der Waals surface area contributed by atoms with Gasteiger partial charge >= 0.3 is 0 Å². The van der Waals surface area contributed by atoms with Gasteiger partial charge in [-0.05, 0) is 80.0 Å². The van der Waals surface area contributed by atoms with Gasteiger partial charge in [-0.3, -0.25) is 15.5 Å². The van der Waals surface area contributed by atoms with Crippen molar-refractivity contribution in [2.24, 2.45) is 5.10 Å². The van der Waals surface area contributed by atoms with E-state index in [1.54, 1.807) is 19.4 Å². The molecule has 10 heteroatoms. The summed E-state index contributed by atoms with van der Waals surface area (Å²) in [7, 11) is 1.57. The summed E-state index contributed by atoms with van der Waals surface area (Å²) >= 11 is 5.78. The molecule has 0 bridgehead atoms. The molecule has 0 amide bonds. The second-order valence-corrected chi connectivity index (χ2v) is 8.08. The Bertz CT molecular complexity index is 1060. The lowest BCUT2D eigenvalue weighted by atomic mass is 10.2. The van der Waals surface area contributed by atoms with Gasteiger partial charge in [0.2, 0.25) is 0 Å². The van der Waals surface area contributed by atoms with Gasteiger partial charge in [-0.25, -0.2) is 4.98 Å². The Morgan fingerprint density at radius 3 is 2.67 bits per heavy atom. The van der Waals surface area contributed by atoms with E-state index in [0.29, 0.717) is 23.9 Å². The minimum Gasteiger partial charge on any atom is -0.493 e. The quantitative estimate of drug-likeness (QED) is 0.165. The van der Waals surface area contributed by atoms with Gasteiger partial charge in [-0.15, -0.1) is 0 Å². The van der Waals surface area contributed by atoms with Crippen molar-refractivity contribution in [2.45, 2.75) is 6.61 Å². The van der Waals surface area contributed by atoms with Crippen LogP contribution in [0.4, 0.5) is 11.5 Å². The zero-order chi connectivity index (χ0) is 21.5. The molecule has 0 radical (unpaired) electrons. The normalized spacial score (nSPS) is 10.8. The lowest BCUT2D eigenvalue weighted by Gasteiger charge is -2.13. The van der Waals surface area contributed by atoms with Gasteiger partial charge in [-0.1, -0.05) is 12.1 Å². The van der Waals surface area contributed by atoms with Gasteiger partial charge in [0.05, 0.1) is 22.7 Å². The number of hydrogen-bond acceptors (Lipinski definition) is 7. The number of aromatic nitrogens is 1. The molecule has 0 aliphatic rings. The molecule has 3 aromatic rings. The molecule has 0 saturated carbocycles. The first-order valence-electron chi connectivity index (χ1n) is 8.60. The summed E-state index contributed by atoms with van der Waals surface area (Å²) in [5, 5.41) is 14.8. The molecular formula is C20H16BrIN4O4. The number of benzene rings is 2. The number of nitrogens with one attached hydrogen (secondary N) is 1. The van der Waals surface area contributed by atoms with Gasteiger partial charge < -0.3 is 9.47 Å². The number of hydrogen-bond donors (Lipinski definition) is 1. The standard InChI is InChI=1S/C20H16BrIN4O4/c1-29-18-9-14(10-24-25-19-7-6-16(11-23-19)26(27)28)8-17(21)20(18)30-12-13-2-4-15(22)5-3-13/h2-11H,12H2,1H3,(H,23,25)/b24-10+. The SMILES string of the molecule is COc1cc(/C=N/Nc2ccc([N+](=O)[O-])cn2)cc(Br)c1OCc1ccc(I)cc1. The monoisotopic (exact) mass is 582 g/mol. The minimum absolute atomic E-state index is 0.0842. The highest BCUT2D eigenvalue weighted by Crippen LogP contribution is 2.36. The molecule has 2 aromatic carbocycles. The summed E-state index contributed by atoms with van der Waals surface area (Å²) in [6, 6.07) is 14.6. The van der Waals surface area contributed by atoms with Crippen LogP contribution >= 0.6 is 38.5 Å². The summed E-state index contributed by atoms with van der Waals surface area (Å²) in [6.45, 7) is 0.409. The number of ether oxygens (including phenoxy) is 2. The average Bonchev–Trinajstić information content (AvgIpc) is 2.74. The van der Waals surface area contributed by atoms with Crippen molar-refractivity contribution in [3.63, 3.8) is 0 Å². The van der Waals surface area contributed by atoms with Gasteiger partial charge in [0.15, 0.2) is 11.5 Å². The van der Waals surface area contributed by atoms with Gasteiger partial charge in [-0.2, -0.15) is 5.10 Å². The molecule has 0 fully saturated rings. The van der Waals surface area contributed by atoms with Crippen LogP contribution in [0.15, 0.2) is 64.3 Å². The van der Waals surface area contributed by atoms with E-state index < -0.39 is 4.92 Å². The Balaban J connectivity index is 1.68. The third kappa shape index (κ3) is 5.89. The van der Waals surface area contributed by atoms with E-state index in [2.05, 4.69) is 54.0 Å². The zero-order valence-corrected chi connectivity index (χ0v) is 19.5. The van der Waals surface area contributed by atoms with Crippen molar-refractivity contribution >= 4 is 56.2 Å². The molecule has 0 unspecified atom stereocenters. The molecule has 0 atom stereocenters. The topological polar surface area (TPSA) is 98.9 Å². The summed E-state index contributed by atoms with van der Waals surface area (Å²) in [5.41, 5.74) is 4.46. The molecule has 3 rings (SSSR count). The fourth-order valence-corrected chi connectivity index (χ4v) is 3.36. The van der Waals surface area contributed by atoms with Crippen LogP contribution < -0.4 is 14.9 Å². The number of halogens is 2. The van der Waals surface area contributed by atoms with Gasteiger partial charge in [0.1, 0.15) is 18.6 Å². The smallest absolute Gasteiger partial charge is 0.287 e. The summed E-state index contributed by atoms with van der Waals surface area (Å²) in [5.74, 6) is 1.54. The van der Waals surface area contributed by atoms with E-state index in [0.717, 1.165) is 25.4 Å².